The molecule has 4 nitrogen and oxygen atoms in total. The topological polar surface area (TPSA) is 66.4 Å². The van der Waals surface area contributed by atoms with Crippen LogP contribution in [0.25, 0.3) is 0 Å². The summed E-state index contributed by atoms with van der Waals surface area (Å²) in [4.78, 5) is 22.2. The molecule has 1 unspecified atom stereocenters. The first-order valence-corrected chi connectivity index (χ1v) is 6.35. The Kier molecular flexibility index (Phi) is 5.40. The number of benzene rings is 1. The van der Waals surface area contributed by atoms with E-state index in [0.29, 0.717) is 12.0 Å². The Morgan fingerprint density at radius 1 is 1.47 bits per heavy atom. The minimum Gasteiger partial charge on any atom is -0.481 e. The van der Waals surface area contributed by atoms with Crippen LogP contribution in [-0.2, 0) is 4.79 Å². The fourth-order valence-corrected chi connectivity index (χ4v) is 1.89. The number of carbonyl (C=O) groups excluding carboxylic acids is 1. The predicted molar refractivity (Wildman–Crippen MR) is 73.0 cm³/mol. The minimum atomic E-state index is -0.847. The molecule has 0 aromatic heterocycles. The van der Waals surface area contributed by atoms with Gasteiger partial charge in [0.1, 0.15) is 0 Å². The zero-order chi connectivity index (χ0) is 12.8. The summed E-state index contributed by atoms with van der Waals surface area (Å²) in [6.45, 7) is 1.80. The fourth-order valence-electron chi connectivity index (χ4n) is 1.35. The summed E-state index contributed by atoms with van der Waals surface area (Å²) in [6, 6.07) is 7.11. The Balaban J connectivity index is 2.51. The average Bonchev–Trinajstić information content (AvgIpc) is 2.26. The van der Waals surface area contributed by atoms with Crippen molar-refractivity contribution in [1.29, 1.82) is 0 Å². The van der Waals surface area contributed by atoms with Gasteiger partial charge in [0.05, 0.1) is 0 Å². The van der Waals surface area contributed by atoms with E-state index in [1.165, 1.54) is 0 Å². The lowest BCUT2D eigenvalue weighted by Gasteiger charge is -2.12. The van der Waals surface area contributed by atoms with E-state index < -0.39 is 5.97 Å². The Bertz CT molecular complexity index is 420. The third-order valence-electron chi connectivity index (χ3n) is 2.26. The highest BCUT2D eigenvalue weighted by Crippen LogP contribution is 2.08. The lowest BCUT2D eigenvalue weighted by atomic mass is 10.1. The molecule has 0 bridgehead atoms. The number of amides is 1. The zero-order valence-electron chi connectivity index (χ0n) is 9.44. The molecule has 0 aliphatic carbocycles. The van der Waals surface area contributed by atoms with Crippen molar-refractivity contribution in [2.24, 2.45) is 0 Å². The van der Waals surface area contributed by atoms with Crippen molar-refractivity contribution in [3.63, 3.8) is 0 Å². The third-order valence-corrected chi connectivity index (χ3v) is 2.93. The summed E-state index contributed by atoms with van der Waals surface area (Å²) < 4.78 is 0.994. The lowest BCUT2D eigenvalue weighted by molar-refractivity contribution is -0.137. The van der Waals surface area contributed by atoms with Crippen molar-refractivity contribution in [3.8, 4) is 0 Å². The van der Waals surface area contributed by atoms with Crippen LogP contribution in [0.4, 0.5) is 0 Å². The molecule has 92 valence electrons. The van der Waals surface area contributed by atoms with Gasteiger partial charge < -0.3 is 10.4 Å². The van der Waals surface area contributed by atoms with Crippen LogP contribution in [0.15, 0.2) is 24.3 Å². The maximum Gasteiger partial charge on any atom is 0.303 e. The van der Waals surface area contributed by atoms with Crippen LogP contribution in [0.1, 0.15) is 30.1 Å². The molecule has 2 N–H and O–H groups in total. The van der Waals surface area contributed by atoms with Crippen molar-refractivity contribution in [1.82, 2.24) is 5.32 Å². The highest BCUT2D eigenvalue weighted by atomic mass is 127. The molecule has 1 rings (SSSR count). The lowest BCUT2D eigenvalue weighted by Crippen LogP contribution is -2.32. The van der Waals surface area contributed by atoms with E-state index in [4.69, 9.17) is 5.11 Å². The predicted octanol–water partition coefficient (Wildman–Crippen LogP) is 2.27. The summed E-state index contributed by atoms with van der Waals surface area (Å²) in [7, 11) is 0. The van der Waals surface area contributed by atoms with Gasteiger partial charge >= 0.3 is 5.97 Å². The molecule has 0 aliphatic heterocycles. The molecule has 0 saturated carbocycles. The molecule has 0 spiro atoms. The van der Waals surface area contributed by atoms with Crippen molar-refractivity contribution in [2.75, 3.05) is 0 Å². The highest BCUT2D eigenvalue weighted by molar-refractivity contribution is 14.1. The second-order valence-electron chi connectivity index (χ2n) is 3.82. The van der Waals surface area contributed by atoms with Gasteiger partial charge in [-0.25, -0.2) is 0 Å². The molecule has 1 aromatic rings. The first-order valence-electron chi connectivity index (χ1n) is 5.27. The largest absolute Gasteiger partial charge is 0.481 e. The van der Waals surface area contributed by atoms with E-state index in [1.807, 2.05) is 12.1 Å². The van der Waals surface area contributed by atoms with E-state index in [1.54, 1.807) is 19.1 Å². The van der Waals surface area contributed by atoms with Crippen molar-refractivity contribution in [2.45, 2.75) is 25.8 Å². The fraction of sp³-hybridized carbons (Fsp3) is 0.333. The molecule has 0 saturated heterocycles. The van der Waals surface area contributed by atoms with E-state index in [9.17, 15) is 9.59 Å². The molecule has 1 amide bonds. The van der Waals surface area contributed by atoms with Crippen LogP contribution in [0.3, 0.4) is 0 Å². The number of carbonyl (C=O) groups is 2. The Hall–Kier alpha value is -1.11. The minimum absolute atomic E-state index is 0.0633. The normalized spacial score (nSPS) is 11.9. The van der Waals surface area contributed by atoms with Crippen LogP contribution in [-0.4, -0.2) is 23.0 Å². The Morgan fingerprint density at radius 2 is 2.18 bits per heavy atom. The standard InChI is InChI=1S/C12H14INO3/c1-8(5-6-11(15)16)14-12(17)9-3-2-4-10(13)7-9/h2-4,7-8H,5-6H2,1H3,(H,14,17)(H,15,16). The van der Waals surface area contributed by atoms with Gasteiger partial charge in [-0.3, -0.25) is 9.59 Å². The van der Waals surface area contributed by atoms with Gasteiger partial charge in [-0.05, 0) is 54.1 Å². The van der Waals surface area contributed by atoms with Gasteiger partial charge in [-0.2, -0.15) is 0 Å². The molecule has 5 heteroatoms. The number of hydrogen-bond acceptors (Lipinski definition) is 2. The van der Waals surface area contributed by atoms with Gasteiger partial charge in [0.15, 0.2) is 0 Å². The van der Waals surface area contributed by atoms with Crippen molar-refractivity contribution in [3.05, 3.63) is 33.4 Å². The van der Waals surface area contributed by atoms with Crippen LogP contribution in [0.5, 0.6) is 0 Å². The molecule has 0 radical (unpaired) electrons. The highest BCUT2D eigenvalue weighted by Gasteiger charge is 2.11. The molecule has 17 heavy (non-hydrogen) atoms. The summed E-state index contributed by atoms with van der Waals surface area (Å²) in [5.74, 6) is -1.01. The second-order valence-corrected chi connectivity index (χ2v) is 5.06. The first-order chi connectivity index (χ1) is 7.99. The number of halogens is 1. The van der Waals surface area contributed by atoms with Gasteiger partial charge in [0.2, 0.25) is 0 Å². The SMILES string of the molecule is CC(CCC(=O)O)NC(=O)c1cccc(I)c1. The molecule has 0 fully saturated rings. The summed E-state index contributed by atoms with van der Waals surface area (Å²) in [6.07, 6.45) is 0.499. The van der Waals surface area contributed by atoms with E-state index >= 15 is 0 Å². The van der Waals surface area contributed by atoms with Crippen LogP contribution in [0.2, 0.25) is 0 Å². The number of rotatable bonds is 5. The monoisotopic (exact) mass is 347 g/mol. The summed E-state index contributed by atoms with van der Waals surface area (Å²) >= 11 is 2.14. The van der Waals surface area contributed by atoms with Gasteiger partial charge in [0.25, 0.3) is 5.91 Å². The maximum atomic E-state index is 11.8. The molecular formula is C12H14INO3. The molecule has 1 aromatic carbocycles. The molecule has 0 heterocycles. The second kappa shape index (κ2) is 6.58. The van der Waals surface area contributed by atoms with E-state index in [-0.39, 0.29) is 18.4 Å². The zero-order valence-corrected chi connectivity index (χ0v) is 11.6. The number of carboxylic acid groups (broad SMARTS) is 1. The summed E-state index contributed by atoms with van der Waals surface area (Å²) in [5.41, 5.74) is 0.596. The molecular weight excluding hydrogens is 333 g/mol. The quantitative estimate of drug-likeness (QED) is 0.803. The molecule has 0 aliphatic rings. The number of hydrogen-bond donors (Lipinski definition) is 2. The Labute approximate surface area is 114 Å². The van der Waals surface area contributed by atoms with Gasteiger partial charge in [-0.15, -0.1) is 0 Å². The average molecular weight is 347 g/mol. The van der Waals surface area contributed by atoms with E-state index in [0.717, 1.165) is 3.57 Å². The van der Waals surface area contributed by atoms with Gasteiger partial charge in [-0.1, -0.05) is 6.07 Å². The summed E-state index contributed by atoms with van der Waals surface area (Å²) in [5, 5.41) is 11.3. The number of carboxylic acids is 1. The number of nitrogens with one attached hydrogen (secondary N) is 1. The van der Waals surface area contributed by atoms with Crippen LogP contribution >= 0.6 is 22.6 Å². The van der Waals surface area contributed by atoms with Crippen molar-refractivity contribution >= 4 is 34.5 Å². The first kappa shape index (κ1) is 14.0. The van der Waals surface area contributed by atoms with E-state index in [2.05, 4.69) is 27.9 Å². The smallest absolute Gasteiger partial charge is 0.303 e. The number of aliphatic carboxylic acids is 1. The van der Waals surface area contributed by atoms with Crippen LogP contribution in [0, 0.1) is 3.57 Å². The third kappa shape index (κ3) is 5.16. The van der Waals surface area contributed by atoms with Gasteiger partial charge in [0, 0.05) is 21.6 Å². The van der Waals surface area contributed by atoms with Crippen LogP contribution < -0.4 is 5.32 Å². The Morgan fingerprint density at radius 3 is 2.76 bits per heavy atom. The maximum absolute atomic E-state index is 11.8. The van der Waals surface area contributed by atoms with Crippen molar-refractivity contribution < 1.29 is 14.7 Å². The molecule has 1 atom stereocenters.